The van der Waals surface area contributed by atoms with Crippen LogP contribution in [0.4, 0.5) is 0 Å². The average Bonchev–Trinajstić information content (AvgIpc) is 3.19. The minimum Gasteiger partial charge on any atom is -0.497 e. The fraction of sp³-hybridized carbons (Fsp3) is 0.240. The molecule has 0 saturated carbocycles. The molecule has 0 bridgehead atoms. The van der Waals surface area contributed by atoms with Crippen molar-refractivity contribution in [1.29, 1.82) is 0 Å². The molecular formula is C25H23ClN2O6. The molecular weight excluding hydrogens is 460 g/mol. The minimum atomic E-state index is -0.625. The monoisotopic (exact) mass is 482 g/mol. The van der Waals surface area contributed by atoms with Gasteiger partial charge in [0.05, 0.1) is 24.1 Å². The van der Waals surface area contributed by atoms with Crippen LogP contribution in [0, 0.1) is 6.92 Å². The number of esters is 1. The predicted molar refractivity (Wildman–Crippen MR) is 129 cm³/mol. The Kier molecular flexibility index (Phi) is 6.61. The zero-order valence-corrected chi connectivity index (χ0v) is 19.7. The molecule has 0 aliphatic carbocycles. The van der Waals surface area contributed by atoms with Crippen molar-refractivity contribution in [3.8, 4) is 11.5 Å². The molecule has 4 aromatic rings. The van der Waals surface area contributed by atoms with Gasteiger partial charge in [0, 0.05) is 42.0 Å². The highest BCUT2D eigenvalue weighted by Gasteiger charge is 2.17. The molecule has 0 radical (unpaired) electrons. The third-order valence-corrected chi connectivity index (χ3v) is 5.92. The number of aromatic nitrogens is 1. The lowest BCUT2D eigenvalue weighted by Gasteiger charge is -2.11. The van der Waals surface area contributed by atoms with E-state index in [2.05, 4.69) is 10.3 Å². The van der Waals surface area contributed by atoms with Crippen molar-refractivity contribution in [3.63, 3.8) is 0 Å². The van der Waals surface area contributed by atoms with Crippen molar-refractivity contribution in [2.45, 2.75) is 26.7 Å². The van der Waals surface area contributed by atoms with Gasteiger partial charge in [-0.05, 0) is 48.7 Å². The van der Waals surface area contributed by atoms with Gasteiger partial charge in [-0.3, -0.25) is 9.59 Å². The Hall–Kier alpha value is -3.78. The Morgan fingerprint density at radius 1 is 1.18 bits per heavy atom. The number of halogens is 1. The average molecular weight is 483 g/mol. The molecule has 0 saturated heterocycles. The van der Waals surface area contributed by atoms with Gasteiger partial charge in [0.1, 0.15) is 11.3 Å². The first kappa shape index (κ1) is 23.4. The first-order valence-corrected chi connectivity index (χ1v) is 11.0. The first-order valence-electron chi connectivity index (χ1n) is 10.6. The number of hydrogen-bond acceptors (Lipinski definition) is 6. The standard InChI is InChI=1S/C25H23ClN2O6/c1-13-17-9-20(26)23(33-14(2)29)11-22(17)34-25(31)18(13)10-24(30)27-7-6-15-12-28-21-5-4-16(32-3)8-19(15)21/h4-5,8-9,11-12,28H,6-7,10H2,1-3H3,(H,27,30). The van der Waals surface area contributed by atoms with Crippen LogP contribution in [-0.2, 0) is 22.4 Å². The Labute approximate surface area is 199 Å². The van der Waals surface area contributed by atoms with Crippen LogP contribution in [-0.4, -0.2) is 30.5 Å². The summed E-state index contributed by atoms with van der Waals surface area (Å²) in [6, 6.07) is 8.73. The van der Waals surface area contributed by atoms with Gasteiger partial charge in [-0.1, -0.05) is 11.6 Å². The number of carbonyl (C=O) groups excluding carboxylic acids is 2. The van der Waals surface area contributed by atoms with Gasteiger partial charge in [0.2, 0.25) is 5.91 Å². The topological polar surface area (TPSA) is 111 Å². The summed E-state index contributed by atoms with van der Waals surface area (Å²) in [6.45, 7) is 3.38. The van der Waals surface area contributed by atoms with Gasteiger partial charge >= 0.3 is 11.6 Å². The number of rotatable bonds is 7. The normalized spacial score (nSPS) is 11.1. The fourth-order valence-electron chi connectivity index (χ4n) is 3.88. The van der Waals surface area contributed by atoms with Crippen molar-refractivity contribution in [1.82, 2.24) is 10.3 Å². The molecule has 1 amide bonds. The summed E-state index contributed by atoms with van der Waals surface area (Å²) in [7, 11) is 1.62. The molecule has 0 fully saturated rings. The molecule has 0 unspecified atom stereocenters. The molecule has 2 aromatic carbocycles. The molecule has 9 heteroatoms. The number of amides is 1. The molecule has 8 nitrogen and oxygen atoms in total. The third-order valence-electron chi connectivity index (χ3n) is 5.62. The Bertz CT molecular complexity index is 1470. The van der Waals surface area contributed by atoms with Gasteiger partial charge in [0.15, 0.2) is 5.75 Å². The van der Waals surface area contributed by atoms with Gasteiger partial charge in [-0.15, -0.1) is 0 Å². The summed E-state index contributed by atoms with van der Waals surface area (Å²) in [5, 5.41) is 4.66. The Morgan fingerprint density at radius 3 is 2.71 bits per heavy atom. The second-order valence-electron chi connectivity index (χ2n) is 7.87. The molecule has 0 spiro atoms. The van der Waals surface area contributed by atoms with E-state index in [0.29, 0.717) is 23.9 Å². The van der Waals surface area contributed by atoms with Crippen molar-refractivity contribution in [2.75, 3.05) is 13.7 Å². The SMILES string of the molecule is COc1ccc2[nH]cc(CCNC(=O)Cc3c(C)c4cc(Cl)c(OC(C)=O)cc4oc3=O)c2c1. The highest BCUT2D eigenvalue weighted by atomic mass is 35.5. The number of fused-ring (bicyclic) bond motifs is 2. The van der Waals surface area contributed by atoms with E-state index in [0.717, 1.165) is 22.2 Å². The lowest BCUT2D eigenvalue weighted by Crippen LogP contribution is -2.29. The first-order chi connectivity index (χ1) is 16.3. The van der Waals surface area contributed by atoms with Crippen molar-refractivity contribution in [2.24, 2.45) is 0 Å². The number of H-pyrrole nitrogens is 1. The van der Waals surface area contributed by atoms with E-state index in [4.69, 9.17) is 25.5 Å². The predicted octanol–water partition coefficient (Wildman–Crippen LogP) is 4.07. The number of methoxy groups -OCH3 is 1. The lowest BCUT2D eigenvalue weighted by atomic mass is 10.0. The van der Waals surface area contributed by atoms with E-state index in [1.165, 1.54) is 13.0 Å². The molecule has 4 rings (SSSR count). The zero-order valence-electron chi connectivity index (χ0n) is 18.9. The highest BCUT2D eigenvalue weighted by Crippen LogP contribution is 2.32. The van der Waals surface area contributed by atoms with Crippen molar-refractivity contribution < 1.29 is 23.5 Å². The van der Waals surface area contributed by atoms with Crippen molar-refractivity contribution >= 4 is 45.3 Å². The van der Waals surface area contributed by atoms with Gasteiger partial charge in [-0.2, -0.15) is 0 Å². The summed E-state index contributed by atoms with van der Waals surface area (Å²) in [6.07, 6.45) is 2.39. The number of aromatic amines is 1. The molecule has 2 N–H and O–H groups in total. The second kappa shape index (κ2) is 9.61. The highest BCUT2D eigenvalue weighted by molar-refractivity contribution is 6.33. The molecule has 2 aromatic heterocycles. The van der Waals surface area contributed by atoms with Crippen LogP contribution >= 0.6 is 11.6 Å². The molecule has 176 valence electrons. The van der Waals surface area contributed by atoms with Gasteiger partial charge < -0.3 is 24.2 Å². The maximum absolute atomic E-state index is 12.6. The number of benzene rings is 2. The molecule has 0 atom stereocenters. The maximum Gasteiger partial charge on any atom is 0.340 e. The van der Waals surface area contributed by atoms with E-state index in [1.54, 1.807) is 20.1 Å². The summed E-state index contributed by atoms with van der Waals surface area (Å²) in [5.41, 5.74) is 2.47. The fourth-order valence-corrected chi connectivity index (χ4v) is 4.08. The lowest BCUT2D eigenvalue weighted by molar-refractivity contribution is -0.131. The molecule has 0 aliphatic heterocycles. The number of ether oxygens (including phenoxy) is 2. The summed E-state index contributed by atoms with van der Waals surface area (Å²) in [5.74, 6) is 0.0239. The number of nitrogens with one attached hydrogen (secondary N) is 2. The van der Waals surface area contributed by atoms with E-state index >= 15 is 0 Å². The van der Waals surface area contributed by atoms with E-state index in [9.17, 15) is 14.4 Å². The molecule has 2 heterocycles. The third kappa shape index (κ3) is 4.77. The smallest absolute Gasteiger partial charge is 0.340 e. The van der Waals surface area contributed by atoms with Crippen molar-refractivity contribution in [3.05, 3.63) is 68.7 Å². The molecule has 0 aliphatic rings. The zero-order chi connectivity index (χ0) is 24.4. The summed E-state index contributed by atoms with van der Waals surface area (Å²) in [4.78, 5) is 39.6. The van der Waals surface area contributed by atoms with Crippen LogP contribution in [0.1, 0.15) is 23.6 Å². The van der Waals surface area contributed by atoms with Gasteiger partial charge in [0.25, 0.3) is 0 Å². The summed E-state index contributed by atoms with van der Waals surface area (Å²) < 4.78 is 15.7. The maximum atomic E-state index is 12.6. The van der Waals surface area contributed by atoms with Crippen LogP contribution in [0.3, 0.4) is 0 Å². The van der Waals surface area contributed by atoms with Crippen LogP contribution < -0.4 is 20.4 Å². The van der Waals surface area contributed by atoms with Crippen LogP contribution in [0.15, 0.2) is 45.7 Å². The van der Waals surface area contributed by atoms with Crippen LogP contribution in [0.25, 0.3) is 21.9 Å². The quantitative estimate of drug-likeness (QED) is 0.233. The van der Waals surface area contributed by atoms with Crippen LogP contribution in [0.5, 0.6) is 11.5 Å². The summed E-state index contributed by atoms with van der Waals surface area (Å²) >= 11 is 6.21. The minimum absolute atomic E-state index is 0.101. The van der Waals surface area contributed by atoms with E-state index < -0.39 is 11.6 Å². The van der Waals surface area contributed by atoms with Crippen LogP contribution in [0.2, 0.25) is 5.02 Å². The number of aryl methyl sites for hydroxylation is 1. The number of hydrogen-bond donors (Lipinski definition) is 2. The largest absolute Gasteiger partial charge is 0.497 e. The molecule has 34 heavy (non-hydrogen) atoms. The number of carbonyl (C=O) groups is 2. The van der Waals surface area contributed by atoms with E-state index in [-0.39, 0.29) is 34.2 Å². The Balaban J connectivity index is 1.47. The Morgan fingerprint density at radius 2 is 1.97 bits per heavy atom. The van der Waals surface area contributed by atoms with E-state index in [1.807, 2.05) is 24.4 Å². The second-order valence-corrected chi connectivity index (χ2v) is 8.27. The van der Waals surface area contributed by atoms with Gasteiger partial charge in [-0.25, -0.2) is 4.79 Å².